The third-order valence-corrected chi connectivity index (χ3v) is 3.46. The second kappa shape index (κ2) is 11.3. The van der Waals surface area contributed by atoms with Gasteiger partial charge in [-0.25, -0.2) is 0 Å². The summed E-state index contributed by atoms with van der Waals surface area (Å²) in [6.07, 6.45) is 8.00. The highest BCUT2D eigenvalue weighted by Gasteiger charge is 2.04. The van der Waals surface area contributed by atoms with Gasteiger partial charge in [0.2, 0.25) is 0 Å². The fourth-order valence-corrected chi connectivity index (χ4v) is 2.25. The zero-order chi connectivity index (χ0) is 10.6. The predicted octanol–water partition coefficient (Wildman–Crippen LogP) is 2.93. The topological polar surface area (TPSA) is 38.0 Å². The average molecular weight is 218 g/mol. The van der Waals surface area contributed by atoms with E-state index in [1.807, 2.05) is 11.8 Å². The molecule has 3 N–H and O–H groups in total. The zero-order valence-electron chi connectivity index (χ0n) is 9.72. The van der Waals surface area contributed by atoms with Gasteiger partial charge in [-0.3, -0.25) is 11.3 Å². The fourth-order valence-electron chi connectivity index (χ4n) is 1.47. The van der Waals surface area contributed by atoms with E-state index in [9.17, 15) is 0 Å². The Morgan fingerprint density at radius 3 is 2.43 bits per heavy atom. The Kier molecular flexibility index (Phi) is 11.6. The molecule has 0 aliphatic rings. The third-order valence-electron chi connectivity index (χ3n) is 2.42. The predicted molar refractivity (Wildman–Crippen MR) is 67.5 cm³/mol. The van der Waals surface area contributed by atoms with Crippen LogP contribution in [0.5, 0.6) is 0 Å². The van der Waals surface area contributed by atoms with Crippen LogP contribution in [0.15, 0.2) is 0 Å². The molecule has 0 aliphatic carbocycles. The summed E-state index contributed by atoms with van der Waals surface area (Å²) in [5.41, 5.74) is 2.91. The molecular weight excluding hydrogens is 192 g/mol. The number of rotatable bonds is 10. The number of hydrogen-bond donors (Lipinski definition) is 2. The molecule has 0 heterocycles. The van der Waals surface area contributed by atoms with Gasteiger partial charge in [-0.05, 0) is 12.2 Å². The molecule has 1 atom stereocenters. The Morgan fingerprint density at radius 2 is 1.86 bits per heavy atom. The van der Waals surface area contributed by atoms with E-state index in [4.69, 9.17) is 5.84 Å². The molecule has 1 unspecified atom stereocenters. The van der Waals surface area contributed by atoms with Gasteiger partial charge in [-0.15, -0.1) is 0 Å². The molecular formula is C11H26N2S. The lowest BCUT2D eigenvalue weighted by atomic mass is 10.1. The van der Waals surface area contributed by atoms with E-state index in [2.05, 4.69) is 19.3 Å². The van der Waals surface area contributed by atoms with Gasteiger partial charge in [0.05, 0.1) is 0 Å². The molecule has 86 valence electrons. The van der Waals surface area contributed by atoms with Crippen molar-refractivity contribution in [3.63, 3.8) is 0 Å². The second-order valence-corrected chi connectivity index (χ2v) is 5.04. The number of nitrogens with two attached hydrogens (primary N) is 1. The molecule has 0 spiro atoms. The van der Waals surface area contributed by atoms with Crippen LogP contribution >= 0.6 is 11.8 Å². The summed E-state index contributed by atoms with van der Waals surface area (Å²) in [7, 11) is 0. The zero-order valence-corrected chi connectivity index (χ0v) is 10.5. The molecule has 2 nitrogen and oxygen atoms in total. The minimum Gasteiger partial charge on any atom is -0.271 e. The Balaban J connectivity index is 3.24. The lowest BCUT2D eigenvalue weighted by Gasteiger charge is -2.14. The van der Waals surface area contributed by atoms with Gasteiger partial charge in [0.25, 0.3) is 0 Å². The molecule has 0 rings (SSSR count). The maximum Gasteiger partial charge on any atom is 0.0301 e. The van der Waals surface area contributed by atoms with E-state index >= 15 is 0 Å². The van der Waals surface area contributed by atoms with Crippen molar-refractivity contribution in [1.29, 1.82) is 0 Å². The fraction of sp³-hybridized carbons (Fsp3) is 1.00. The number of hydrogen-bond acceptors (Lipinski definition) is 3. The van der Waals surface area contributed by atoms with Crippen LogP contribution in [-0.2, 0) is 0 Å². The van der Waals surface area contributed by atoms with Crippen molar-refractivity contribution >= 4 is 11.8 Å². The van der Waals surface area contributed by atoms with Crippen LogP contribution in [0.2, 0.25) is 0 Å². The van der Waals surface area contributed by atoms with Crippen molar-refractivity contribution in [2.24, 2.45) is 5.84 Å². The first-order chi connectivity index (χ1) is 6.85. The molecule has 0 aromatic rings. The first-order valence-electron chi connectivity index (χ1n) is 5.89. The lowest BCUT2D eigenvalue weighted by Crippen LogP contribution is -2.37. The van der Waals surface area contributed by atoms with Gasteiger partial charge in [-0.1, -0.05) is 46.0 Å². The number of hydrazine groups is 1. The summed E-state index contributed by atoms with van der Waals surface area (Å²) < 4.78 is 0. The normalized spacial score (nSPS) is 13.1. The Bertz CT molecular complexity index is 109. The molecule has 0 bridgehead atoms. The monoisotopic (exact) mass is 218 g/mol. The third kappa shape index (κ3) is 8.85. The average Bonchev–Trinajstić information content (AvgIpc) is 2.22. The van der Waals surface area contributed by atoms with Crippen LogP contribution in [-0.4, -0.2) is 17.5 Å². The molecule has 0 fully saturated rings. The van der Waals surface area contributed by atoms with Gasteiger partial charge in [0.15, 0.2) is 0 Å². The highest BCUT2D eigenvalue weighted by molar-refractivity contribution is 7.99. The van der Waals surface area contributed by atoms with Gasteiger partial charge in [0, 0.05) is 11.8 Å². The van der Waals surface area contributed by atoms with Gasteiger partial charge < -0.3 is 0 Å². The van der Waals surface area contributed by atoms with Gasteiger partial charge in [0.1, 0.15) is 0 Å². The van der Waals surface area contributed by atoms with Crippen LogP contribution in [0.3, 0.4) is 0 Å². The van der Waals surface area contributed by atoms with E-state index in [1.54, 1.807) is 0 Å². The van der Waals surface area contributed by atoms with E-state index in [0.29, 0.717) is 6.04 Å². The van der Waals surface area contributed by atoms with Crippen LogP contribution in [0, 0.1) is 0 Å². The minimum absolute atomic E-state index is 0.515. The van der Waals surface area contributed by atoms with Crippen LogP contribution in [0.1, 0.15) is 52.4 Å². The molecule has 0 aromatic carbocycles. The van der Waals surface area contributed by atoms with Gasteiger partial charge >= 0.3 is 0 Å². The number of nitrogens with one attached hydrogen (secondary N) is 1. The van der Waals surface area contributed by atoms with Crippen LogP contribution in [0.4, 0.5) is 0 Å². The van der Waals surface area contributed by atoms with Crippen molar-refractivity contribution in [3.05, 3.63) is 0 Å². The van der Waals surface area contributed by atoms with Gasteiger partial charge in [-0.2, -0.15) is 11.8 Å². The Hall–Kier alpha value is 0.270. The quantitative estimate of drug-likeness (QED) is 0.336. The highest BCUT2D eigenvalue weighted by atomic mass is 32.2. The molecule has 0 saturated heterocycles. The summed E-state index contributed by atoms with van der Waals surface area (Å²) in [5, 5.41) is 0. The lowest BCUT2D eigenvalue weighted by molar-refractivity contribution is 0.497. The number of thioether (sulfide) groups is 1. The molecule has 3 heteroatoms. The Morgan fingerprint density at radius 1 is 1.14 bits per heavy atom. The highest BCUT2D eigenvalue weighted by Crippen LogP contribution is 2.10. The van der Waals surface area contributed by atoms with Crippen molar-refractivity contribution in [1.82, 2.24) is 5.43 Å². The number of unbranched alkanes of at least 4 members (excludes halogenated alkanes) is 4. The first kappa shape index (κ1) is 14.3. The molecule has 0 saturated carbocycles. The van der Waals surface area contributed by atoms with E-state index in [0.717, 1.165) is 5.75 Å². The van der Waals surface area contributed by atoms with Crippen molar-refractivity contribution in [2.45, 2.75) is 58.4 Å². The summed E-state index contributed by atoms with van der Waals surface area (Å²) >= 11 is 1.97. The molecule has 0 aliphatic heterocycles. The molecule has 0 radical (unpaired) electrons. The maximum atomic E-state index is 5.49. The summed E-state index contributed by atoms with van der Waals surface area (Å²) in [6.45, 7) is 4.45. The largest absolute Gasteiger partial charge is 0.271 e. The summed E-state index contributed by atoms with van der Waals surface area (Å²) in [4.78, 5) is 0. The van der Waals surface area contributed by atoms with E-state index < -0.39 is 0 Å². The summed E-state index contributed by atoms with van der Waals surface area (Å²) in [5.74, 6) is 7.83. The van der Waals surface area contributed by atoms with E-state index in [-0.39, 0.29) is 0 Å². The first-order valence-corrected chi connectivity index (χ1v) is 7.04. The second-order valence-electron chi connectivity index (χ2n) is 3.73. The molecule has 14 heavy (non-hydrogen) atoms. The maximum absolute atomic E-state index is 5.49. The van der Waals surface area contributed by atoms with Crippen LogP contribution < -0.4 is 11.3 Å². The Labute approximate surface area is 93.4 Å². The smallest absolute Gasteiger partial charge is 0.0301 e. The van der Waals surface area contributed by atoms with Crippen molar-refractivity contribution in [2.75, 3.05) is 11.5 Å². The SMILES string of the molecule is CCCCCCCC(CSCC)NN. The van der Waals surface area contributed by atoms with Crippen molar-refractivity contribution in [3.8, 4) is 0 Å². The minimum atomic E-state index is 0.515. The van der Waals surface area contributed by atoms with Crippen LogP contribution in [0.25, 0.3) is 0 Å². The standard InChI is InChI=1S/C11H26N2S/c1-3-5-6-7-8-9-11(13-12)10-14-4-2/h11,13H,3-10,12H2,1-2H3. The molecule has 0 amide bonds. The van der Waals surface area contributed by atoms with E-state index in [1.165, 1.54) is 44.3 Å². The molecule has 0 aromatic heterocycles. The van der Waals surface area contributed by atoms with Crippen molar-refractivity contribution < 1.29 is 0 Å². The summed E-state index contributed by atoms with van der Waals surface area (Å²) in [6, 6.07) is 0.515.